The molecule has 3 aromatic rings. The Morgan fingerprint density at radius 2 is 2.04 bits per heavy atom. The molecule has 2 aromatic carbocycles. The van der Waals surface area contributed by atoms with Gasteiger partial charge in [-0.25, -0.2) is 9.78 Å². The maximum atomic E-state index is 11.3. The monoisotopic (exact) mass is 358 g/mol. The first-order valence-corrected chi connectivity index (χ1v) is 7.40. The first kappa shape index (κ1) is 16.5. The van der Waals surface area contributed by atoms with Crippen LogP contribution in [0.15, 0.2) is 47.0 Å². The van der Waals surface area contributed by atoms with Gasteiger partial charge in [0.25, 0.3) is 0 Å². The lowest BCUT2D eigenvalue weighted by molar-refractivity contribution is -0.103. The van der Waals surface area contributed by atoms with Gasteiger partial charge in [0.2, 0.25) is 5.89 Å². The molecular formula is C17H11ClN2O5. The van der Waals surface area contributed by atoms with Gasteiger partial charge < -0.3 is 19.9 Å². The molecule has 0 atom stereocenters. The predicted molar refractivity (Wildman–Crippen MR) is 91.7 cm³/mol. The number of aldehydes is 1. The molecule has 0 fully saturated rings. The summed E-state index contributed by atoms with van der Waals surface area (Å²) in [6, 6.07) is 8.84. The number of allylic oxidation sites excluding steroid dienone is 1. The van der Waals surface area contributed by atoms with Gasteiger partial charge in [-0.05, 0) is 36.4 Å². The number of aromatic hydroxyl groups is 1. The normalized spacial score (nSPS) is 11.5. The van der Waals surface area contributed by atoms with Gasteiger partial charge in [0, 0.05) is 16.9 Å². The van der Waals surface area contributed by atoms with Crippen molar-refractivity contribution in [3.63, 3.8) is 0 Å². The maximum Gasteiger partial charge on any atom is 0.339 e. The van der Waals surface area contributed by atoms with Crippen LogP contribution < -0.4 is 5.32 Å². The third kappa shape index (κ3) is 3.46. The summed E-state index contributed by atoms with van der Waals surface area (Å²) in [5.41, 5.74) is 1.21. The summed E-state index contributed by atoms with van der Waals surface area (Å²) in [5, 5.41) is 21.8. The molecule has 126 valence electrons. The Hall–Kier alpha value is -3.32. The molecular weight excluding hydrogens is 348 g/mol. The smallest absolute Gasteiger partial charge is 0.339 e. The number of carboxylic acid groups (broad SMARTS) is 1. The summed E-state index contributed by atoms with van der Waals surface area (Å²) < 4.78 is 5.50. The third-order valence-corrected chi connectivity index (χ3v) is 3.58. The summed E-state index contributed by atoms with van der Waals surface area (Å²) in [6.07, 6.45) is 1.88. The van der Waals surface area contributed by atoms with Crippen LogP contribution in [0.3, 0.4) is 0 Å². The average Bonchev–Trinajstić information content (AvgIpc) is 2.99. The van der Waals surface area contributed by atoms with Crippen LogP contribution in [0, 0.1) is 0 Å². The molecule has 25 heavy (non-hydrogen) atoms. The molecule has 3 rings (SSSR count). The van der Waals surface area contributed by atoms with Gasteiger partial charge >= 0.3 is 5.97 Å². The largest absolute Gasteiger partial charge is 0.507 e. The van der Waals surface area contributed by atoms with E-state index in [-0.39, 0.29) is 22.8 Å². The average molecular weight is 359 g/mol. The van der Waals surface area contributed by atoms with Crippen molar-refractivity contribution in [3.05, 3.63) is 59.1 Å². The second kappa shape index (κ2) is 6.66. The van der Waals surface area contributed by atoms with E-state index in [4.69, 9.17) is 21.1 Å². The van der Waals surface area contributed by atoms with E-state index in [0.717, 1.165) is 0 Å². The van der Waals surface area contributed by atoms with Crippen molar-refractivity contribution in [1.29, 1.82) is 0 Å². The molecule has 0 saturated heterocycles. The highest BCUT2D eigenvalue weighted by Gasteiger charge is 2.12. The van der Waals surface area contributed by atoms with Crippen LogP contribution in [0.5, 0.6) is 5.75 Å². The standard InChI is InChI=1S/C17H11ClN2O5/c18-10-1-4-15-13(5-10)20-16(25-15)9(8-21)7-19-11-2-3-14(22)12(6-11)17(23)24/h1-8,19,22H,(H,23,24). The maximum absolute atomic E-state index is 11.3. The third-order valence-electron chi connectivity index (χ3n) is 3.34. The minimum atomic E-state index is -1.27. The van der Waals surface area contributed by atoms with Crippen LogP contribution in [-0.4, -0.2) is 27.5 Å². The number of anilines is 1. The number of carboxylic acids is 1. The summed E-state index contributed by atoms with van der Waals surface area (Å²) >= 11 is 5.89. The minimum Gasteiger partial charge on any atom is -0.507 e. The molecule has 0 bridgehead atoms. The number of carbonyl (C=O) groups is 2. The quantitative estimate of drug-likeness (QED) is 0.363. The van der Waals surface area contributed by atoms with Crippen molar-refractivity contribution in [1.82, 2.24) is 4.98 Å². The SMILES string of the molecule is O=CC(=CNc1ccc(O)c(C(=O)O)c1)c1nc2cc(Cl)ccc2o1. The zero-order valence-corrected chi connectivity index (χ0v) is 13.3. The first-order valence-electron chi connectivity index (χ1n) is 7.02. The lowest BCUT2D eigenvalue weighted by Gasteiger charge is -2.05. The van der Waals surface area contributed by atoms with Crippen molar-refractivity contribution in [3.8, 4) is 5.75 Å². The highest BCUT2D eigenvalue weighted by Crippen LogP contribution is 2.24. The number of halogens is 1. The summed E-state index contributed by atoms with van der Waals surface area (Å²) in [6.45, 7) is 0. The van der Waals surface area contributed by atoms with Crippen LogP contribution in [0.2, 0.25) is 5.02 Å². The number of phenols is 1. The molecule has 8 heteroatoms. The Labute approximate surface area is 146 Å². The van der Waals surface area contributed by atoms with Crippen LogP contribution in [0.25, 0.3) is 16.7 Å². The molecule has 0 aliphatic rings. The number of rotatable bonds is 5. The first-order chi connectivity index (χ1) is 12.0. The van der Waals surface area contributed by atoms with Gasteiger partial charge in [-0.1, -0.05) is 11.6 Å². The van der Waals surface area contributed by atoms with Crippen LogP contribution >= 0.6 is 11.6 Å². The Balaban J connectivity index is 1.91. The lowest BCUT2D eigenvalue weighted by atomic mass is 10.2. The highest BCUT2D eigenvalue weighted by atomic mass is 35.5. The topological polar surface area (TPSA) is 113 Å². The number of nitrogens with one attached hydrogen (secondary N) is 1. The zero-order chi connectivity index (χ0) is 18.0. The molecule has 7 nitrogen and oxygen atoms in total. The predicted octanol–water partition coefficient (Wildman–Crippen LogP) is 3.54. The number of aromatic nitrogens is 1. The highest BCUT2D eigenvalue weighted by molar-refractivity contribution is 6.31. The molecule has 1 aromatic heterocycles. The van der Waals surface area contributed by atoms with Gasteiger partial charge in [-0.2, -0.15) is 0 Å². The number of aromatic carboxylic acids is 1. The van der Waals surface area contributed by atoms with Crippen LogP contribution in [0.1, 0.15) is 16.2 Å². The fourth-order valence-corrected chi connectivity index (χ4v) is 2.29. The van der Waals surface area contributed by atoms with Crippen molar-refractivity contribution in [2.24, 2.45) is 0 Å². The van der Waals surface area contributed by atoms with E-state index >= 15 is 0 Å². The van der Waals surface area contributed by atoms with Crippen LogP contribution in [0.4, 0.5) is 5.69 Å². The van der Waals surface area contributed by atoms with Gasteiger partial charge in [0.1, 0.15) is 16.8 Å². The van der Waals surface area contributed by atoms with E-state index in [2.05, 4.69) is 10.3 Å². The van der Waals surface area contributed by atoms with Gasteiger partial charge in [0.15, 0.2) is 11.9 Å². The number of nitrogens with zero attached hydrogens (tertiary/aromatic N) is 1. The van der Waals surface area contributed by atoms with Crippen molar-refractivity contribution in [2.45, 2.75) is 0 Å². The number of benzene rings is 2. The summed E-state index contributed by atoms with van der Waals surface area (Å²) in [5.74, 6) is -1.53. The molecule has 0 radical (unpaired) electrons. The Morgan fingerprint density at radius 3 is 2.76 bits per heavy atom. The van der Waals surface area contributed by atoms with E-state index in [9.17, 15) is 14.7 Å². The van der Waals surface area contributed by atoms with Gasteiger partial charge in [0.05, 0.1) is 5.57 Å². The summed E-state index contributed by atoms with van der Waals surface area (Å²) in [4.78, 5) is 26.5. The number of hydrogen-bond donors (Lipinski definition) is 3. The van der Waals surface area contributed by atoms with E-state index < -0.39 is 5.97 Å². The van der Waals surface area contributed by atoms with E-state index in [1.54, 1.807) is 18.2 Å². The molecule has 0 amide bonds. The second-order valence-electron chi connectivity index (χ2n) is 5.03. The number of fused-ring (bicyclic) bond motifs is 1. The zero-order valence-electron chi connectivity index (χ0n) is 12.6. The second-order valence-corrected chi connectivity index (χ2v) is 5.47. The number of hydrogen-bond acceptors (Lipinski definition) is 6. The Kier molecular flexibility index (Phi) is 4.40. The van der Waals surface area contributed by atoms with E-state index in [1.807, 2.05) is 0 Å². The van der Waals surface area contributed by atoms with Crippen molar-refractivity contribution < 1.29 is 24.2 Å². The fourth-order valence-electron chi connectivity index (χ4n) is 2.13. The van der Waals surface area contributed by atoms with Crippen molar-refractivity contribution >= 4 is 46.2 Å². The fraction of sp³-hybridized carbons (Fsp3) is 0. The van der Waals surface area contributed by atoms with E-state index in [1.165, 1.54) is 24.4 Å². The lowest BCUT2D eigenvalue weighted by Crippen LogP contribution is -1.99. The van der Waals surface area contributed by atoms with Gasteiger partial charge in [-0.3, -0.25) is 4.79 Å². The van der Waals surface area contributed by atoms with E-state index in [0.29, 0.717) is 28.1 Å². The Morgan fingerprint density at radius 1 is 1.24 bits per heavy atom. The molecule has 0 aliphatic carbocycles. The molecule has 0 unspecified atom stereocenters. The summed E-state index contributed by atoms with van der Waals surface area (Å²) in [7, 11) is 0. The molecule has 0 aliphatic heterocycles. The Bertz CT molecular complexity index is 1010. The van der Waals surface area contributed by atoms with Crippen LogP contribution in [-0.2, 0) is 4.79 Å². The number of carbonyl (C=O) groups excluding carboxylic acids is 1. The molecule has 0 spiro atoms. The molecule has 1 heterocycles. The molecule has 3 N–H and O–H groups in total. The van der Waals surface area contributed by atoms with Gasteiger partial charge in [-0.15, -0.1) is 0 Å². The van der Waals surface area contributed by atoms with Crippen molar-refractivity contribution in [2.75, 3.05) is 5.32 Å². The number of oxazole rings is 1. The molecule has 0 saturated carbocycles. The minimum absolute atomic E-state index is 0.0944.